The molecule has 23 heavy (non-hydrogen) atoms. The van der Waals surface area contributed by atoms with Gasteiger partial charge in [0.25, 0.3) is 0 Å². The van der Waals surface area contributed by atoms with E-state index in [4.69, 9.17) is 0 Å². The van der Waals surface area contributed by atoms with Crippen molar-refractivity contribution in [2.75, 3.05) is 32.7 Å². The molecule has 0 radical (unpaired) electrons. The summed E-state index contributed by atoms with van der Waals surface area (Å²) < 4.78 is 0. The molecule has 2 aliphatic carbocycles. The first-order valence-electron chi connectivity index (χ1n) is 8.96. The predicted octanol–water partition coefficient (Wildman–Crippen LogP) is -0.908. The van der Waals surface area contributed by atoms with Gasteiger partial charge in [0.1, 0.15) is 0 Å². The number of carbonyl (C=O) groups is 2. The minimum Gasteiger partial charge on any atom is -0.550 e. The minimum absolute atomic E-state index is 0.0199. The summed E-state index contributed by atoms with van der Waals surface area (Å²) in [6.07, 6.45) is 1.84. The molecule has 1 amide bonds. The molecule has 2 bridgehead atoms. The molecule has 5 heteroatoms. The summed E-state index contributed by atoms with van der Waals surface area (Å²) in [7, 11) is 0. The van der Waals surface area contributed by atoms with Crippen LogP contribution in [-0.4, -0.2) is 49.5 Å². The second kappa shape index (κ2) is 6.27. The quantitative estimate of drug-likeness (QED) is 0.685. The van der Waals surface area contributed by atoms with Gasteiger partial charge in [-0.2, -0.15) is 0 Å². The highest BCUT2D eigenvalue weighted by Gasteiger charge is 2.55. The van der Waals surface area contributed by atoms with Crippen molar-refractivity contribution >= 4 is 11.9 Å². The van der Waals surface area contributed by atoms with Gasteiger partial charge in [0.05, 0.1) is 38.6 Å². The lowest BCUT2D eigenvalue weighted by atomic mass is 9.78. The summed E-state index contributed by atoms with van der Waals surface area (Å²) in [6, 6.07) is 0. The van der Waals surface area contributed by atoms with Crippen molar-refractivity contribution in [1.29, 1.82) is 0 Å². The molecule has 0 aromatic rings. The van der Waals surface area contributed by atoms with E-state index in [0.717, 1.165) is 45.6 Å². The maximum atomic E-state index is 13.1. The lowest BCUT2D eigenvalue weighted by Crippen LogP contribution is -3.14. The van der Waals surface area contributed by atoms with Crippen LogP contribution in [0.3, 0.4) is 0 Å². The van der Waals surface area contributed by atoms with Crippen LogP contribution in [0.2, 0.25) is 0 Å². The van der Waals surface area contributed by atoms with E-state index in [1.807, 2.05) is 18.7 Å². The Morgan fingerprint density at radius 3 is 2.17 bits per heavy atom. The monoisotopic (exact) mass is 320 g/mol. The Bertz CT molecular complexity index is 530. The topological polar surface area (TPSA) is 64.9 Å². The van der Waals surface area contributed by atoms with Crippen LogP contribution in [-0.2, 0) is 9.59 Å². The summed E-state index contributed by atoms with van der Waals surface area (Å²) in [4.78, 5) is 28.2. The molecule has 0 unspecified atom stereocenters. The molecule has 1 saturated heterocycles. The van der Waals surface area contributed by atoms with Crippen LogP contribution in [0.4, 0.5) is 0 Å². The molecule has 2 saturated carbocycles. The number of nitrogens with one attached hydrogen (secondary N) is 1. The average molecular weight is 320 g/mol. The summed E-state index contributed by atoms with van der Waals surface area (Å²) >= 11 is 0. The maximum Gasteiger partial charge on any atom is 0.227 e. The van der Waals surface area contributed by atoms with Crippen molar-refractivity contribution in [2.45, 2.75) is 33.6 Å². The highest BCUT2D eigenvalue weighted by Crippen LogP contribution is 2.57. The number of carboxylic acid groups (broad SMARTS) is 1. The van der Waals surface area contributed by atoms with E-state index in [1.54, 1.807) is 0 Å². The minimum atomic E-state index is -1.04. The van der Waals surface area contributed by atoms with Crippen LogP contribution >= 0.6 is 0 Å². The maximum absolute atomic E-state index is 13.1. The highest BCUT2D eigenvalue weighted by molar-refractivity contribution is 5.87. The molecule has 3 aliphatic rings. The summed E-state index contributed by atoms with van der Waals surface area (Å²) in [5.41, 5.74) is 2.43. The number of hydrogen-bond acceptors (Lipinski definition) is 3. The third kappa shape index (κ3) is 2.69. The van der Waals surface area contributed by atoms with Gasteiger partial charge in [-0.3, -0.25) is 4.79 Å². The molecule has 1 aliphatic heterocycles. The zero-order valence-corrected chi connectivity index (χ0v) is 14.4. The summed E-state index contributed by atoms with van der Waals surface area (Å²) in [5, 5.41) is 11.7. The number of carbonyl (C=O) groups excluding carboxylic acids is 2. The number of piperazine rings is 1. The molecule has 0 aromatic heterocycles. The first-order chi connectivity index (χ1) is 11.0. The van der Waals surface area contributed by atoms with Gasteiger partial charge in [-0.25, -0.2) is 0 Å². The van der Waals surface area contributed by atoms with E-state index in [0.29, 0.717) is 0 Å². The van der Waals surface area contributed by atoms with E-state index >= 15 is 0 Å². The van der Waals surface area contributed by atoms with Crippen LogP contribution in [0, 0.1) is 23.7 Å². The molecule has 128 valence electrons. The van der Waals surface area contributed by atoms with Gasteiger partial charge in [0, 0.05) is 11.9 Å². The molecular weight excluding hydrogens is 292 g/mol. The number of aliphatic carboxylic acids is 1. The Hall–Kier alpha value is -1.36. The first-order valence-corrected chi connectivity index (χ1v) is 8.96. The summed E-state index contributed by atoms with van der Waals surface area (Å²) in [6.45, 7) is 10.8. The van der Waals surface area contributed by atoms with Gasteiger partial charge in [-0.05, 0) is 45.4 Å². The number of rotatable bonds is 3. The highest BCUT2D eigenvalue weighted by atomic mass is 16.4. The lowest BCUT2D eigenvalue weighted by Gasteiger charge is -2.37. The Morgan fingerprint density at radius 2 is 1.70 bits per heavy atom. The van der Waals surface area contributed by atoms with Crippen molar-refractivity contribution in [1.82, 2.24) is 4.90 Å². The van der Waals surface area contributed by atoms with Gasteiger partial charge < -0.3 is 19.7 Å². The molecule has 1 heterocycles. The Labute approximate surface area is 138 Å². The molecule has 1 N–H and O–H groups in total. The van der Waals surface area contributed by atoms with Crippen LogP contribution in [0.25, 0.3) is 0 Å². The van der Waals surface area contributed by atoms with Crippen molar-refractivity contribution in [3.05, 3.63) is 11.1 Å². The second-order valence-electron chi connectivity index (χ2n) is 7.55. The third-order valence-electron chi connectivity index (χ3n) is 6.26. The number of allylic oxidation sites excluding steroid dienone is 2. The fraction of sp³-hybridized carbons (Fsp3) is 0.778. The number of amides is 1. The zero-order chi connectivity index (χ0) is 16.7. The van der Waals surface area contributed by atoms with Crippen LogP contribution < -0.4 is 10.0 Å². The van der Waals surface area contributed by atoms with Crippen molar-refractivity contribution < 1.29 is 19.6 Å². The smallest absolute Gasteiger partial charge is 0.227 e. The number of carboxylic acids is 1. The number of quaternary nitrogens is 1. The van der Waals surface area contributed by atoms with E-state index < -0.39 is 17.8 Å². The van der Waals surface area contributed by atoms with E-state index in [2.05, 4.69) is 6.92 Å². The Kier molecular flexibility index (Phi) is 4.50. The van der Waals surface area contributed by atoms with Gasteiger partial charge in [0.2, 0.25) is 5.91 Å². The molecule has 0 spiro atoms. The van der Waals surface area contributed by atoms with Crippen molar-refractivity contribution in [2.24, 2.45) is 23.7 Å². The Morgan fingerprint density at radius 1 is 1.13 bits per heavy atom. The summed E-state index contributed by atoms with van der Waals surface area (Å²) in [5.74, 6) is -1.86. The lowest BCUT2D eigenvalue weighted by molar-refractivity contribution is -0.902. The van der Waals surface area contributed by atoms with Gasteiger partial charge in [0.15, 0.2) is 0 Å². The standard InChI is InChI=1S/C18H28N2O3/c1-4-19-7-9-20(10-8-19)17(21)15-12-5-6-13(14(12)11(2)3)16(15)18(22)23/h12-13,15-16H,4-10H2,1-3H3,(H,22,23)/t12-,13-,15-,16-/m0/s1. The Balaban J connectivity index is 1.82. The van der Waals surface area contributed by atoms with Crippen LogP contribution in [0.1, 0.15) is 33.6 Å². The van der Waals surface area contributed by atoms with Gasteiger partial charge in [-0.15, -0.1) is 0 Å². The molecule has 0 aromatic carbocycles. The van der Waals surface area contributed by atoms with Crippen LogP contribution in [0.5, 0.6) is 0 Å². The van der Waals surface area contributed by atoms with Gasteiger partial charge in [-0.1, -0.05) is 11.1 Å². The largest absolute Gasteiger partial charge is 0.550 e. The predicted molar refractivity (Wildman–Crippen MR) is 84.4 cm³/mol. The molecule has 3 fully saturated rings. The zero-order valence-electron chi connectivity index (χ0n) is 14.4. The molecule has 3 rings (SSSR count). The molecule has 5 nitrogen and oxygen atoms in total. The number of fused-ring (bicyclic) bond motifs is 2. The van der Waals surface area contributed by atoms with Crippen molar-refractivity contribution in [3.8, 4) is 0 Å². The molecular formula is C18H28N2O3. The second-order valence-corrected chi connectivity index (χ2v) is 7.55. The number of nitrogens with zero attached hydrogens (tertiary/aromatic N) is 1. The van der Waals surface area contributed by atoms with E-state index in [1.165, 1.54) is 16.0 Å². The normalized spacial score (nSPS) is 34.0. The molecule has 4 atom stereocenters. The van der Waals surface area contributed by atoms with E-state index in [-0.39, 0.29) is 17.7 Å². The van der Waals surface area contributed by atoms with E-state index in [9.17, 15) is 14.7 Å². The first kappa shape index (κ1) is 16.5. The van der Waals surface area contributed by atoms with Gasteiger partial charge >= 0.3 is 0 Å². The fourth-order valence-corrected chi connectivity index (χ4v) is 5.18. The van der Waals surface area contributed by atoms with Crippen molar-refractivity contribution in [3.63, 3.8) is 0 Å². The number of likely N-dealkylation sites (N-methyl/N-ethyl adjacent to an activating group) is 1. The fourth-order valence-electron chi connectivity index (χ4n) is 5.18. The van der Waals surface area contributed by atoms with Crippen LogP contribution in [0.15, 0.2) is 11.1 Å². The SMILES string of the molecule is CC[NH+]1CCN(C(=O)[C@@H]2[C@@H](C(=O)[O-])[C@H]3CC[C@H]2C3=C(C)C)CC1. The average Bonchev–Trinajstić information content (AvgIpc) is 3.10. The third-order valence-corrected chi connectivity index (χ3v) is 6.26. The number of hydrogen-bond donors (Lipinski definition) is 1.